The summed E-state index contributed by atoms with van der Waals surface area (Å²) in [5, 5.41) is 11.9. The van der Waals surface area contributed by atoms with E-state index in [2.05, 4.69) is 5.32 Å². The van der Waals surface area contributed by atoms with Crippen LogP contribution in [0.25, 0.3) is 0 Å². The van der Waals surface area contributed by atoms with Crippen molar-refractivity contribution in [3.8, 4) is 0 Å². The number of rotatable bonds is 5. The molecule has 0 atom stereocenters. The van der Waals surface area contributed by atoms with Crippen molar-refractivity contribution in [1.82, 2.24) is 0 Å². The molecule has 0 aromatic heterocycles. The van der Waals surface area contributed by atoms with E-state index in [1.165, 1.54) is 13.2 Å². The summed E-state index contributed by atoms with van der Waals surface area (Å²) < 4.78 is 5.01. The number of carboxylic acid groups (broad SMARTS) is 1. The molecule has 0 spiro atoms. The van der Waals surface area contributed by atoms with Gasteiger partial charge in [0.1, 0.15) is 0 Å². The maximum atomic E-state index is 12.0. The first-order valence-corrected chi connectivity index (χ1v) is 6.42. The van der Waals surface area contributed by atoms with Gasteiger partial charge in [0.05, 0.1) is 12.2 Å². The molecule has 0 aliphatic heterocycles. The van der Waals surface area contributed by atoms with Crippen molar-refractivity contribution in [3.05, 3.63) is 41.5 Å². The second kappa shape index (κ2) is 6.34. The van der Waals surface area contributed by atoms with Crippen molar-refractivity contribution in [1.29, 1.82) is 0 Å². The Kier molecular flexibility index (Phi) is 4.53. The van der Waals surface area contributed by atoms with Crippen LogP contribution >= 0.6 is 0 Å². The maximum absolute atomic E-state index is 12.0. The molecule has 0 saturated carbocycles. The smallest absolute Gasteiger partial charge is 0.335 e. The quantitative estimate of drug-likeness (QED) is 0.809. The Morgan fingerprint density at radius 2 is 2.00 bits per heavy atom. The second-order valence-electron chi connectivity index (χ2n) is 4.79. The van der Waals surface area contributed by atoms with Crippen LogP contribution in [0.4, 0.5) is 5.69 Å². The molecular formula is C15H17NO4. The van der Waals surface area contributed by atoms with Crippen LogP contribution in [0.1, 0.15) is 28.8 Å². The number of ether oxygens (including phenoxy) is 1. The van der Waals surface area contributed by atoms with Gasteiger partial charge < -0.3 is 15.2 Å². The van der Waals surface area contributed by atoms with E-state index in [-0.39, 0.29) is 17.4 Å². The number of allylic oxidation sites excluding steroid dienone is 2. The molecule has 5 heteroatoms. The molecule has 0 unspecified atom stereocenters. The molecule has 1 aliphatic carbocycles. The van der Waals surface area contributed by atoms with Gasteiger partial charge in [-0.15, -0.1) is 0 Å². The number of carbonyl (C=O) groups excluding carboxylic acids is 1. The van der Waals surface area contributed by atoms with Gasteiger partial charge in [0.2, 0.25) is 5.91 Å². The highest BCUT2D eigenvalue weighted by Crippen LogP contribution is 2.21. The Labute approximate surface area is 117 Å². The number of carbonyl (C=O) groups is 2. The summed E-state index contributed by atoms with van der Waals surface area (Å²) in [5.74, 6) is -1.17. The topological polar surface area (TPSA) is 75.6 Å². The lowest BCUT2D eigenvalue weighted by Gasteiger charge is -2.12. The van der Waals surface area contributed by atoms with E-state index in [1.54, 1.807) is 12.1 Å². The SMILES string of the molecule is COCc1cc(NC(=O)C2CC=CC2)cc(C(=O)O)c1. The van der Waals surface area contributed by atoms with E-state index < -0.39 is 5.97 Å². The molecule has 0 radical (unpaired) electrons. The number of hydrogen-bond donors (Lipinski definition) is 2. The van der Waals surface area contributed by atoms with Crippen molar-refractivity contribution in [2.24, 2.45) is 5.92 Å². The summed E-state index contributed by atoms with van der Waals surface area (Å²) in [6.45, 7) is 0.301. The number of methoxy groups -OCH3 is 1. The first kappa shape index (κ1) is 14.3. The van der Waals surface area contributed by atoms with Crippen LogP contribution < -0.4 is 5.32 Å². The molecule has 106 valence electrons. The highest BCUT2D eigenvalue weighted by Gasteiger charge is 2.19. The molecule has 1 aromatic rings. The largest absolute Gasteiger partial charge is 0.478 e. The number of amides is 1. The second-order valence-corrected chi connectivity index (χ2v) is 4.79. The van der Waals surface area contributed by atoms with Crippen molar-refractivity contribution in [2.75, 3.05) is 12.4 Å². The lowest BCUT2D eigenvalue weighted by Crippen LogP contribution is -2.20. The van der Waals surface area contributed by atoms with Crippen molar-refractivity contribution >= 4 is 17.6 Å². The minimum atomic E-state index is -1.03. The number of aromatic carboxylic acids is 1. The summed E-state index contributed by atoms with van der Waals surface area (Å²) in [7, 11) is 1.54. The molecule has 1 aromatic carbocycles. The molecule has 0 bridgehead atoms. The Morgan fingerprint density at radius 1 is 1.30 bits per heavy atom. The molecule has 0 saturated heterocycles. The van der Waals surface area contributed by atoms with Gasteiger partial charge in [-0.3, -0.25) is 4.79 Å². The minimum absolute atomic E-state index is 0.0608. The summed E-state index contributed by atoms with van der Waals surface area (Å²) in [4.78, 5) is 23.1. The minimum Gasteiger partial charge on any atom is -0.478 e. The molecule has 0 fully saturated rings. The summed E-state index contributed by atoms with van der Waals surface area (Å²) in [6, 6.07) is 4.73. The van der Waals surface area contributed by atoms with Crippen LogP contribution in [-0.4, -0.2) is 24.1 Å². The number of hydrogen-bond acceptors (Lipinski definition) is 3. The van der Waals surface area contributed by atoms with Gasteiger partial charge in [0, 0.05) is 18.7 Å². The van der Waals surface area contributed by atoms with E-state index >= 15 is 0 Å². The van der Waals surface area contributed by atoms with Crippen LogP contribution in [0.3, 0.4) is 0 Å². The van der Waals surface area contributed by atoms with E-state index in [0.29, 0.717) is 17.9 Å². The third-order valence-electron chi connectivity index (χ3n) is 3.20. The fourth-order valence-corrected chi connectivity index (χ4v) is 2.21. The van der Waals surface area contributed by atoms with Crippen LogP contribution in [0.2, 0.25) is 0 Å². The molecule has 2 rings (SSSR count). The Bertz CT molecular complexity index is 543. The third-order valence-corrected chi connectivity index (χ3v) is 3.20. The van der Waals surface area contributed by atoms with Gasteiger partial charge in [-0.1, -0.05) is 12.2 Å². The lowest BCUT2D eigenvalue weighted by atomic mass is 10.1. The van der Waals surface area contributed by atoms with E-state index in [0.717, 1.165) is 12.8 Å². The normalized spacial score (nSPS) is 14.4. The van der Waals surface area contributed by atoms with Gasteiger partial charge in [0.15, 0.2) is 0 Å². The standard InChI is InChI=1S/C15H17NO4/c1-20-9-10-6-12(15(18)19)8-13(7-10)16-14(17)11-4-2-3-5-11/h2-3,6-8,11H,4-5,9H2,1H3,(H,16,17)(H,18,19). The summed E-state index contributed by atoms with van der Waals surface area (Å²) in [5.41, 5.74) is 1.35. The molecule has 20 heavy (non-hydrogen) atoms. The predicted molar refractivity (Wildman–Crippen MR) is 74.6 cm³/mol. The van der Waals surface area contributed by atoms with E-state index in [9.17, 15) is 9.59 Å². The number of nitrogens with one attached hydrogen (secondary N) is 1. The van der Waals surface area contributed by atoms with Crippen LogP contribution in [0.15, 0.2) is 30.4 Å². The Morgan fingerprint density at radius 3 is 2.60 bits per heavy atom. The first-order chi connectivity index (χ1) is 9.60. The Hall–Kier alpha value is -2.14. The van der Waals surface area contributed by atoms with Crippen molar-refractivity contribution in [3.63, 3.8) is 0 Å². The highest BCUT2D eigenvalue weighted by atomic mass is 16.5. The monoisotopic (exact) mass is 275 g/mol. The number of benzene rings is 1. The molecule has 5 nitrogen and oxygen atoms in total. The van der Waals surface area contributed by atoms with Gasteiger partial charge in [-0.05, 0) is 36.6 Å². The predicted octanol–water partition coefficient (Wildman–Crippen LogP) is 2.44. The molecular weight excluding hydrogens is 258 g/mol. The van der Waals surface area contributed by atoms with Crippen molar-refractivity contribution < 1.29 is 19.4 Å². The highest BCUT2D eigenvalue weighted by molar-refractivity contribution is 5.95. The zero-order chi connectivity index (χ0) is 14.5. The maximum Gasteiger partial charge on any atom is 0.335 e. The average Bonchev–Trinajstić information content (AvgIpc) is 2.92. The lowest BCUT2D eigenvalue weighted by molar-refractivity contribution is -0.119. The van der Waals surface area contributed by atoms with Crippen molar-refractivity contribution in [2.45, 2.75) is 19.4 Å². The van der Waals surface area contributed by atoms with Crippen LogP contribution in [0, 0.1) is 5.92 Å². The van der Waals surface area contributed by atoms with E-state index in [1.807, 2.05) is 12.2 Å². The summed E-state index contributed by atoms with van der Waals surface area (Å²) in [6.07, 6.45) is 5.42. The molecule has 2 N–H and O–H groups in total. The zero-order valence-corrected chi connectivity index (χ0v) is 11.3. The third kappa shape index (κ3) is 3.45. The number of carboxylic acids is 1. The fourth-order valence-electron chi connectivity index (χ4n) is 2.21. The molecule has 1 amide bonds. The van der Waals surface area contributed by atoms with Crippen LogP contribution in [0.5, 0.6) is 0 Å². The van der Waals surface area contributed by atoms with Gasteiger partial charge in [-0.25, -0.2) is 4.79 Å². The van der Waals surface area contributed by atoms with E-state index in [4.69, 9.17) is 9.84 Å². The van der Waals surface area contributed by atoms with Gasteiger partial charge in [0.25, 0.3) is 0 Å². The average molecular weight is 275 g/mol. The first-order valence-electron chi connectivity index (χ1n) is 6.42. The van der Waals surface area contributed by atoms with Crippen LogP contribution in [-0.2, 0) is 16.1 Å². The van der Waals surface area contributed by atoms with Gasteiger partial charge >= 0.3 is 5.97 Å². The number of anilines is 1. The van der Waals surface area contributed by atoms with Gasteiger partial charge in [-0.2, -0.15) is 0 Å². The Balaban J connectivity index is 2.16. The fraction of sp³-hybridized carbons (Fsp3) is 0.333. The zero-order valence-electron chi connectivity index (χ0n) is 11.3. The summed E-state index contributed by atoms with van der Waals surface area (Å²) >= 11 is 0. The molecule has 0 heterocycles. The molecule has 1 aliphatic rings.